The molecule has 3 rings (SSSR count). The number of hydrogen-bond donors (Lipinski definition) is 8. The lowest BCUT2D eigenvalue weighted by Crippen LogP contribution is -2.60. The maximum absolute atomic E-state index is 12.9. The molecule has 3 amide bonds. The van der Waals surface area contributed by atoms with Crippen molar-refractivity contribution in [3.8, 4) is 0 Å². The first-order valence-corrected chi connectivity index (χ1v) is 12.4. The molecule has 12 nitrogen and oxygen atoms in total. The Morgan fingerprint density at radius 2 is 1.51 bits per heavy atom. The Morgan fingerprint density at radius 1 is 0.872 bits per heavy atom. The fourth-order valence-corrected chi connectivity index (χ4v) is 4.07. The van der Waals surface area contributed by atoms with Gasteiger partial charge in [-0.1, -0.05) is 48.5 Å². The van der Waals surface area contributed by atoms with Gasteiger partial charge in [-0.05, 0) is 30.5 Å². The van der Waals surface area contributed by atoms with Crippen LogP contribution >= 0.6 is 0 Å². The van der Waals surface area contributed by atoms with Crippen LogP contribution in [-0.2, 0) is 32.0 Å². The second-order valence-electron chi connectivity index (χ2n) is 9.23. The molecule has 0 spiro atoms. The van der Waals surface area contributed by atoms with Crippen molar-refractivity contribution in [1.29, 1.82) is 0 Å². The number of nitrogens with one attached hydrogen (secondary N) is 4. The van der Waals surface area contributed by atoms with Crippen LogP contribution in [0.25, 0.3) is 10.9 Å². The summed E-state index contributed by atoms with van der Waals surface area (Å²) in [6, 6.07) is 10.9. The molecule has 5 unspecified atom stereocenters. The van der Waals surface area contributed by atoms with Crippen molar-refractivity contribution in [2.75, 3.05) is 6.61 Å². The van der Waals surface area contributed by atoms with E-state index in [0.29, 0.717) is 5.56 Å². The van der Waals surface area contributed by atoms with E-state index in [1.54, 1.807) is 36.5 Å². The van der Waals surface area contributed by atoms with Crippen molar-refractivity contribution in [3.63, 3.8) is 0 Å². The monoisotopic (exact) mass is 539 g/mol. The summed E-state index contributed by atoms with van der Waals surface area (Å²) in [5.41, 5.74) is 8.20. The van der Waals surface area contributed by atoms with E-state index < -0.39 is 60.6 Å². The lowest BCUT2D eigenvalue weighted by molar-refractivity contribution is -0.143. The average molecular weight is 540 g/mol. The minimum Gasteiger partial charge on any atom is -0.480 e. The number of amides is 3. The zero-order valence-electron chi connectivity index (χ0n) is 21.3. The molecule has 2 aromatic carbocycles. The summed E-state index contributed by atoms with van der Waals surface area (Å²) in [6.45, 7) is 0.435. The van der Waals surface area contributed by atoms with Gasteiger partial charge >= 0.3 is 5.97 Å². The molecular formula is C27H33N5O7. The molecule has 9 N–H and O–H groups in total. The topological polar surface area (TPSA) is 207 Å². The molecule has 12 heteroatoms. The Kier molecular flexibility index (Phi) is 10.1. The van der Waals surface area contributed by atoms with Crippen LogP contribution < -0.4 is 21.7 Å². The van der Waals surface area contributed by atoms with Crippen LogP contribution in [-0.4, -0.2) is 80.9 Å². The first kappa shape index (κ1) is 29.3. The number of para-hydroxylation sites is 1. The first-order valence-electron chi connectivity index (χ1n) is 12.4. The number of hydrogen-bond acceptors (Lipinski definition) is 7. The van der Waals surface area contributed by atoms with Crippen LogP contribution in [0.1, 0.15) is 18.1 Å². The van der Waals surface area contributed by atoms with E-state index in [1.807, 2.05) is 24.3 Å². The lowest BCUT2D eigenvalue weighted by atomic mass is 10.0. The van der Waals surface area contributed by atoms with E-state index >= 15 is 0 Å². The SMILES string of the molecule is CC(O)C(NC(=O)C(CO)NC(=O)C(N)Cc1ccccc1)C(=O)NC(Cc1c[nH]c2ccccc12)C(=O)O. The molecule has 0 aliphatic carbocycles. The molecule has 1 aromatic heterocycles. The van der Waals surface area contributed by atoms with E-state index in [-0.39, 0.29) is 12.8 Å². The number of carboxylic acids is 1. The van der Waals surface area contributed by atoms with Crippen molar-refractivity contribution >= 4 is 34.6 Å². The molecule has 0 fully saturated rings. The minimum absolute atomic E-state index is 0.0554. The summed E-state index contributed by atoms with van der Waals surface area (Å²) in [5, 5.41) is 37.3. The second kappa shape index (κ2) is 13.5. The predicted molar refractivity (Wildman–Crippen MR) is 142 cm³/mol. The van der Waals surface area contributed by atoms with Crippen molar-refractivity contribution in [2.24, 2.45) is 5.73 Å². The number of rotatable bonds is 13. The molecule has 208 valence electrons. The van der Waals surface area contributed by atoms with Gasteiger partial charge in [-0.2, -0.15) is 0 Å². The molecule has 39 heavy (non-hydrogen) atoms. The van der Waals surface area contributed by atoms with Gasteiger partial charge in [0.05, 0.1) is 18.8 Å². The van der Waals surface area contributed by atoms with Crippen LogP contribution in [0.2, 0.25) is 0 Å². The molecule has 0 bridgehead atoms. The number of H-pyrrole nitrogens is 1. The van der Waals surface area contributed by atoms with E-state index in [1.165, 1.54) is 6.92 Å². The fourth-order valence-electron chi connectivity index (χ4n) is 4.07. The number of aliphatic carboxylic acids is 1. The van der Waals surface area contributed by atoms with Gasteiger partial charge in [0.2, 0.25) is 17.7 Å². The van der Waals surface area contributed by atoms with Crippen LogP contribution in [0.3, 0.4) is 0 Å². The first-order chi connectivity index (χ1) is 18.6. The molecule has 1 heterocycles. The van der Waals surface area contributed by atoms with E-state index in [4.69, 9.17) is 5.73 Å². The minimum atomic E-state index is -1.56. The summed E-state index contributed by atoms with van der Waals surface area (Å²) in [7, 11) is 0. The highest BCUT2D eigenvalue weighted by atomic mass is 16.4. The van der Waals surface area contributed by atoms with Gasteiger partial charge in [0.1, 0.15) is 18.1 Å². The molecular weight excluding hydrogens is 506 g/mol. The third-order valence-corrected chi connectivity index (χ3v) is 6.23. The number of carbonyl (C=O) groups excluding carboxylic acids is 3. The summed E-state index contributed by atoms with van der Waals surface area (Å²) < 4.78 is 0. The number of nitrogens with two attached hydrogens (primary N) is 1. The number of aliphatic hydroxyl groups excluding tert-OH is 2. The van der Waals surface area contributed by atoms with E-state index in [9.17, 15) is 34.5 Å². The Morgan fingerprint density at radius 3 is 2.15 bits per heavy atom. The maximum atomic E-state index is 12.9. The van der Waals surface area contributed by atoms with E-state index in [2.05, 4.69) is 20.9 Å². The third-order valence-electron chi connectivity index (χ3n) is 6.23. The Balaban J connectivity index is 1.63. The van der Waals surface area contributed by atoms with Gasteiger partial charge in [-0.15, -0.1) is 0 Å². The van der Waals surface area contributed by atoms with Crippen molar-refractivity contribution in [3.05, 3.63) is 71.9 Å². The van der Waals surface area contributed by atoms with Crippen LogP contribution in [0, 0.1) is 0 Å². The quantitative estimate of drug-likeness (QED) is 0.137. The lowest BCUT2D eigenvalue weighted by Gasteiger charge is -2.26. The number of aromatic nitrogens is 1. The largest absolute Gasteiger partial charge is 0.480 e. The molecule has 0 radical (unpaired) electrons. The van der Waals surface area contributed by atoms with Crippen molar-refractivity contribution in [1.82, 2.24) is 20.9 Å². The summed E-state index contributed by atoms with van der Waals surface area (Å²) in [4.78, 5) is 53.2. The fraction of sp³-hybridized carbons (Fsp3) is 0.333. The number of fused-ring (bicyclic) bond motifs is 1. The van der Waals surface area contributed by atoms with Gasteiger partial charge in [0, 0.05) is 23.5 Å². The van der Waals surface area contributed by atoms with Crippen molar-refractivity contribution < 1.29 is 34.5 Å². The summed E-state index contributed by atoms with van der Waals surface area (Å²) in [6.07, 6.45) is 0.364. The summed E-state index contributed by atoms with van der Waals surface area (Å²) >= 11 is 0. The number of aromatic amines is 1. The third kappa shape index (κ3) is 7.87. The standard InChI is InChI=1S/C27H33N5O7/c1-15(34)23(26(37)30-21(27(38)39)12-17-13-29-20-10-6-5-9-18(17)20)32-25(36)22(14-33)31-24(35)19(28)11-16-7-3-2-4-8-16/h2-10,13,15,19,21-23,29,33-34H,11-12,14,28H2,1H3,(H,30,37)(H,31,35)(H,32,36)(H,38,39). The molecule has 0 saturated heterocycles. The van der Waals surface area contributed by atoms with Crippen LogP contribution in [0.5, 0.6) is 0 Å². The molecule has 0 saturated carbocycles. The predicted octanol–water partition coefficient (Wildman–Crippen LogP) is -0.807. The van der Waals surface area contributed by atoms with Crippen molar-refractivity contribution in [2.45, 2.75) is 50.0 Å². The van der Waals surface area contributed by atoms with Crippen LogP contribution in [0.4, 0.5) is 0 Å². The normalized spacial score (nSPS) is 15.0. The second-order valence-corrected chi connectivity index (χ2v) is 9.23. The van der Waals surface area contributed by atoms with Crippen LogP contribution in [0.15, 0.2) is 60.8 Å². The van der Waals surface area contributed by atoms with Gasteiger partial charge in [0.15, 0.2) is 0 Å². The highest BCUT2D eigenvalue weighted by Gasteiger charge is 2.33. The molecule has 0 aliphatic heterocycles. The van der Waals surface area contributed by atoms with Gasteiger partial charge in [0.25, 0.3) is 0 Å². The molecule has 0 aliphatic rings. The number of aliphatic hydroxyl groups is 2. The molecule has 3 aromatic rings. The number of benzene rings is 2. The number of carboxylic acid groups (broad SMARTS) is 1. The average Bonchev–Trinajstić information content (AvgIpc) is 3.32. The smallest absolute Gasteiger partial charge is 0.326 e. The zero-order valence-corrected chi connectivity index (χ0v) is 21.3. The zero-order chi connectivity index (χ0) is 28.5. The van der Waals surface area contributed by atoms with E-state index in [0.717, 1.165) is 16.5 Å². The maximum Gasteiger partial charge on any atom is 0.326 e. The van der Waals surface area contributed by atoms with Gasteiger partial charge in [-0.3, -0.25) is 14.4 Å². The Labute approximate surface area is 224 Å². The van der Waals surface area contributed by atoms with Gasteiger partial charge in [-0.25, -0.2) is 4.79 Å². The Hall–Kier alpha value is -4.26. The highest BCUT2D eigenvalue weighted by Crippen LogP contribution is 2.19. The highest BCUT2D eigenvalue weighted by molar-refractivity contribution is 5.94. The molecule has 5 atom stereocenters. The van der Waals surface area contributed by atoms with Gasteiger partial charge < -0.3 is 42.0 Å². The summed E-state index contributed by atoms with van der Waals surface area (Å²) in [5.74, 6) is -3.91. The number of carbonyl (C=O) groups is 4. The Bertz CT molecular complexity index is 1290.